The number of hydrogen-bond donors (Lipinski definition) is 1. The summed E-state index contributed by atoms with van der Waals surface area (Å²) in [5, 5.41) is 4.14. The van der Waals surface area contributed by atoms with Crippen molar-refractivity contribution in [3.63, 3.8) is 0 Å². The Morgan fingerprint density at radius 3 is 2.88 bits per heavy atom. The number of fused-ring (bicyclic) bond motifs is 1. The Morgan fingerprint density at radius 2 is 2.12 bits per heavy atom. The first-order chi connectivity index (χ1) is 12.0. The number of anilines is 3. The van der Waals surface area contributed by atoms with Gasteiger partial charge in [0.15, 0.2) is 0 Å². The summed E-state index contributed by atoms with van der Waals surface area (Å²) in [6, 6.07) is 10.5. The average Bonchev–Trinajstić information content (AvgIpc) is 2.97. The molecular formula is C20H25ClN4. The minimum absolute atomic E-state index is 0.648. The van der Waals surface area contributed by atoms with Gasteiger partial charge in [0.1, 0.15) is 0 Å². The first kappa shape index (κ1) is 17.6. The maximum Gasteiger partial charge on any atom is 0.0910 e. The maximum atomic E-state index is 6.43. The van der Waals surface area contributed by atoms with E-state index in [1.807, 2.05) is 30.4 Å². The zero-order valence-corrected chi connectivity index (χ0v) is 16.1. The second-order valence-corrected chi connectivity index (χ2v) is 6.98. The molecule has 5 heteroatoms. The molecule has 0 aliphatic carbocycles. The number of hydrogen-bond acceptors (Lipinski definition) is 3. The van der Waals surface area contributed by atoms with E-state index < -0.39 is 0 Å². The van der Waals surface area contributed by atoms with E-state index in [2.05, 4.69) is 54.3 Å². The Kier molecular flexibility index (Phi) is 5.19. The molecule has 25 heavy (non-hydrogen) atoms. The first-order valence-electron chi connectivity index (χ1n) is 8.63. The van der Waals surface area contributed by atoms with Gasteiger partial charge in [-0.05, 0) is 61.7 Å². The van der Waals surface area contributed by atoms with Crippen LogP contribution in [0.5, 0.6) is 0 Å². The van der Waals surface area contributed by atoms with E-state index in [0.717, 1.165) is 42.1 Å². The van der Waals surface area contributed by atoms with Gasteiger partial charge in [-0.3, -0.25) is 0 Å². The zero-order chi connectivity index (χ0) is 18.0. The van der Waals surface area contributed by atoms with Crippen molar-refractivity contribution in [3.05, 3.63) is 46.5 Å². The molecule has 1 aliphatic heterocycles. The Hall–Kier alpha value is -2.20. The van der Waals surface area contributed by atoms with Gasteiger partial charge in [0, 0.05) is 44.2 Å². The fourth-order valence-corrected chi connectivity index (χ4v) is 3.15. The smallest absolute Gasteiger partial charge is 0.0910 e. The van der Waals surface area contributed by atoms with Crippen molar-refractivity contribution in [2.45, 2.75) is 20.3 Å². The van der Waals surface area contributed by atoms with Crippen molar-refractivity contribution in [2.75, 3.05) is 37.4 Å². The Morgan fingerprint density at radius 1 is 1.32 bits per heavy atom. The molecule has 1 N–H and O–H groups in total. The highest BCUT2D eigenvalue weighted by atomic mass is 35.5. The lowest BCUT2D eigenvalue weighted by Crippen LogP contribution is -2.14. The molecule has 0 saturated carbocycles. The van der Waals surface area contributed by atoms with Gasteiger partial charge in [-0.1, -0.05) is 11.6 Å². The van der Waals surface area contributed by atoms with Gasteiger partial charge in [-0.15, -0.1) is 0 Å². The Balaban J connectivity index is 1.82. The number of nitrogens with one attached hydrogen (secondary N) is 1. The molecule has 0 aromatic heterocycles. The molecule has 0 unspecified atom stereocenters. The molecule has 0 atom stereocenters. The summed E-state index contributed by atoms with van der Waals surface area (Å²) in [7, 11) is 4.13. The van der Waals surface area contributed by atoms with Crippen molar-refractivity contribution in [3.8, 4) is 0 Å². The molecule has 0 amide bonds. The summed E-state index contributed by atoms with van der Waals surface area (Å²) in [4.78, 5) is 8.78. The average molecular weight is 357 g/mol. The summed E-state index contributed by atoms with van der Waals surface area (Å²) in [5.74, 6) is 0. The van der Waals surface area contributed by atoms with Crippen molar-refractivity contribution in [1.82, 2.24) is 4.90 Å². The molecule has 1 aliphatic rings. The standard InChI is InChI=1S/C20H25ClN4/c1-5-24(3)13-22-19-10-14(2)18(12-17(19)21)23-16-6-7-20-15(11-16)8-9-25(20)4/h6-7,10-13,23H,5,8-9H2,1-4H3. The fourth-order valence-electron chi connectivity index (χ4n) is 2.94. The third-order valence-corrected chi connectivity index (χ3v) is 4.98. The molecule has 4 nitrogen and oxygen atoms in total. The van der Waals surface area contributed by atoms with Gasteiger partial charge in [0.05, 0.1) is 17.0 Å². The van der Waals surface area contributed by atoms with Crippen LogP contribution < -0.4 is 10.2 Å². The van der Waals surface area contributed by atoms with Crippen molar-refractivity contribution >= 4 is 40.7 Å². The molecule has 3 rings (SSSR count). The van der Waals surface area contributed by atoms with Crippen LogP contribution in [0.3, 0.4) is 0 Å². The van der Waals surface area contributed by atoms with E-state index in [4.69, 9.17) is 11.6 Å². The third kappa shape index (κ3) is 3.90. The summed E-state index contributed by atoms with van der Waals surface area (Å²) in [6.07, 6.45) is 2.91. The van der Waals surface area contributed by atoms with E-state index in [1.165, 1.54) is 11.3 Å². The van der Waals surface area contributed by atoms with Crippen LogP contribution in [-0.2, 0) is 6.42 Å². The van der Waals surface area contributed by atoms with Crippen molar-refractivity contribution in [2.24, 2.45) is 4.99 Å². The molecule has 2 aromatic carbocycles. The SMILES string of the molecule is CCN(C)C=Nc1cc(C)c(Nc2ccc3c(c2)CCN3C)cc1Cl. The minimum atomic E-state index is 0.648. The lowest BCUT2D eigenvalue weighted by Gasteiger charge is -2.15. The lowest BCUT2D eigenvalue weighted by molar-refractivity contribution is 0.552. The summed E-state index contributed by atoms with van der Waals surface area (Å²) in [6.45, 7) is 6.15. The molecule has 132 valence electrons. The normalized spacial score (nSPS) is 13.4. The zero-order valence-electron chi connectivity index (χ0n) is 15.3. The van der Waals surface area contributed by atoms with E-state index >= 15 is 0 Å². The van der Waals surface area contributed by atoms with Crippen LogP contribution in [0.1, 0.15) is 18.1 Å². The maximum absolute atomic E-state index is 6.43. The number of aryl methyl sites for hydroxylation is 1. The predicted molar refractivity (Wildman–Crippen MR) is 109 cm³/mol. The van der Waals surface area contributed by atoms with E-state index in [9.17, 15) is 0 Å². The molecule has 0 radical (unpaired) electrons. The Labute approximate surface area is 155 Å². The summed E-state index contributed by atoms with van der Waals surface area (Å²) in [5.41, 5.74) is 6.73. The molecule has 0 spiro atoms. The Bertz CT molecular complexity index is 801. The van der Waals surface area contributed by atoms with Crippen LogP contribution in [-0.4, -0.2) is 38.4 Å². The monoisotopic (exact) mass is 356 g/mol. The fraction of sp³-hybridized carbons (Fsp3) is 0.350. The van der Waals surface area contributed by atoms with Gasteiger partial charge in [0.25, 0.3) is 0 Å². The summed E-state index contributed by atoms with van der Waals surface area (Å²) < 4.78 is 0. The van der Waals surface area contributed by atoms with Crippen LogP contribution in [0.2, 0.25) is 5.02 Å². The molecular weight excluding hydrogens is 332 g/mol. The van der Waals surface area contributed by atoms with Crippen LogP contribution in [0, 0.1) is 6.92 Å². The van der Waals surface area contributed by atoms with E-state index in [1.54, 1.807) is 0 Å². The first-order valence-corrected chi connectivity index (χ1v) is 9.01. The van der Waals surface area contributed by atoms with Gasteiger partial charge in [-0.25, -0.2) is 4.99 Å². The van der Waals surface area contributed by atoms with Crippen LogP contribution >= 0.6 is 11.6 Å². The topological polar surface area (TPSA) is 30.9 Å². The van der Waals surface area contributed by atoms with Gasteiger partial charge in [-0.2, -0.15) is 0 Å². The van der Waals surface area contributed by atoms with Gasteiger partial charge >= 0.3 is 0 Å². The quantitative estimate of drug-likeness (QED) is 0.604. The number of likely N-dealkylation sites (N-methyl/N-ethyl adjacent to an activating group) is 1. The third-order valence-electron chi connectivity index (χ3n) is 4.67. The van der Waals surface area contributed by atoms with E-state index in [0.29, 0.717) is 5.02 Å². The number of nitrogens with zero attached hydrogens (tertiary/aromatic N) is 3. The molecule has 2 aromatic rings. The van der Waals surface area contributed by atoms with Crippen LogP contribution in [0.15, 0.2) is 35.3 Å². The number of aliphatic imine (C=N–C) groups is 1. The largest absolute Gasteiger partial charge is 0.374 e. The predicted octanol–water partition coefficient (Wildman–Crippen LogP) is 5.00. The van der Waals surface area contributed by atoms with E-state index in [-0.39, 0.29) is 0 Å². The second-order valence-electron chi connectivity index (χ2n) is 6.58. The number of rotatable bonds is 5. The van der Waals surface area contributed by atoms with Crippen LogP contribution in [0.4, 0.5) is 22.7 Å². The van der Waals surface area contributed by atoms with Crippen molar-refractivity contribution in [1.29, 1.82) is 0 Å². The van der Waals surface area contributed by atoms with Crippen LogP contribution in [0.25, 0.3) is 0 Å². The molecule has 1 heterocycles. The molecule has 0 saturated heterocycles. The molecule has 0 bridgehead atoms. The number of halogens is 1. The highest BCUT2D eigenvalue weighted by Gasteiger charge is 2.16. The van der Waals surface area contributed by atoms with Crippen molar-refractivity contribution < 1.29 is 0 Å². The lowest BCUT2D eigenvalue weighted by atomic mass is 10.1. The highest BCUT2D eigenvalue weighted by molar-refractivity contribution is 6.33. The number of benzene rings is 2. The van der Waals surface area contributed by atoms with Gasteiger partial charge in [0.2, 0.25) is 0 Å². The minimum Gasteiger partial charge on any atom is -0.374 e. The highest BCUT2D eigenvalue weighted by Crippen LogP contribution is 2.34. The second kappa shape index (κ2) is 7.36. The summed E-state index contributed by atoms with van der Waals surface area (Å²) >= 11 is 6.43. The molecule has 0 fully saturated rings. The van der Waals surface area contributed by atoms with Gasteiger partial charge < -0.3 is 15.1 Å².